The molecule has 0 aromatic carbocycles. The van der Waals surface area contributed by atoms with Crippen molar-refractivity contribution in [3.63, 3.8) is 0 Å². The molecule has 0 amide bonds. The van der Waals surface area contributed by atoms with Crippen LogP contribution >= 0.6 is 6.72 Å². The average molecular weight is 310 g/mol. The predicted molar refractivity (Wildman–Crippen MR) is 19.8 cm³/mol. The Kier molecular flexibility index (Phi) is 3.09. The molecule has 6 heteroatoms. The molecular weight excluding hydrogens is 308 g/mol. The van der Waals surface area contributed by atoms with E-state index in [0.717, 1.165) is 0 Å². The average Bonchev–Trinajstić information content (AvgIpc) is 1.35. The summed E-state index contributed by atoms with van der Waals surface area (Å²) in [4.78, 5) is 16.1. The maximum absolute atomic E-state index is 8.07. The monoisotopic (exact) mass is 310 g/mol. The minimum absolute atomic E-state index is 1.50. The summed E-state index contributed by atoms with van der Waals surface area (Å²) < 4.78 is 3.92. The Morgan fingerprint density at radius 3 is 1.83 bits per heavy atom. The van der Waals surface area contributed by atoms with Gasteiger partial charge in [0.15, 0.2) is 0 Å². The van der Waals surface area contributed by atoms with E-state index in [2.05, 4.69) is 14.8 Å². The zero-order chi connectivity index (χ0) is 5.21. The van der Waals surface area contributed by atoms with Crippen LogP contribution in [0.2, 0.25) is 0 Å². The van der Waals surface area contributed by atoms with Gasteiger partial charge in [0.25, 0.3) is 0 Å². The molecule has 0 aliphatic heterocycles. The molecule has 0 spiro atoms. The van der Waals surface area contributed by atoms with Crippen molar-refractivity contribution in [3.05, 3.63) is 0 Å². The van der Waals surface area contributed by atoms with Gasteiger partial charge in [-0.15, -0.1) is 0 Å². The summed E-state index contributed by atoms with van der Waals surface area (Å²) >= 11 is 5.47. The Labute approximate surface area is 53.0 Å². The summed E-state index contributed by atoms with van der Waals surface area (Å²) in [6.07, 6.45) is 0. The third kappa shape index (κ3) is 5.27. The molecule has 0 fully saturated rings. The molecule has 0 aliphatic rings. The van der Waals surface area contributed by atoms with Crippen molar-refractivity contribution in [1.82, 2.24) is 0 Å². The van der Waals surface area contributed by atoms with Crippen molar-refractivity contribution in [2.45, 2.75) is 0 Å². The normalized spacial score (nSPS) is 12.0. The second kappa shape index (κ2) is 2.55. The quantitative estimate of drug-likeness (QED) is 0.515. The fraction of sp³-hybridized carbons (Fsp3) is 0. The molecule has 0 saturated carbocycles. The molecule has 0 aromatic heterocycles. The Morgan fingerprint density at radius 2 is 1.83 bits per heavy atom. The van der Waals surface area contributed by atoms with E-state index in [0.29, 0.717) is 0 Å². The topological polar surface area (TPSA) is 49.7 Å². The molecule has 0 aromatic rings. The molecule has 0 radical (unpaired) electrons. The van der Waals surface area contributed by atoms with Crippen LogP contribution in [0.15, 0.2) is 0 Å². The number of rotatable bonds is 1. The van der Waals surface area contributed by atoms with Gasteiger partial charge in [-0.3, -0.25) is 0 Å². The molecule has 0 aliphatic carbocycles. The Bertz CT molecular complexity index is 74.9. The van der Waals surface area contributed by atoms with E-state index < -0.39 is 6.72 Å². The first-order valence-corrected chi connectivity index (χ1v) is 4.40. The molecule has 0 atom stereocenters. The van der Waals surface area contributed by atoms with Crippen LogP contribution in [0.3, 0.4) is 0 Å². The zero-order valence-electron chi connectivity index (χ0n) is 2.46. The molecule has 6 heavy (non-hydrogen) atoms. The Morgan fingerprint density at radius 1 is 1.67 bits per heavy atom. The van der Waals surface area contributed by atoms with Crippen LogP contribution < -0.4 is 0 Å². The fourth-order valence-electron chi connectivity index (χ4n) is 0. The van der Waals surface area contributed by atoms with Crippen LogP contribution in [-0.4, -0.2) is 9.79 Å². The first-order chi connectivity index (χ1) is 2.56. The standard InChI is InChI=1S/Au.H3O3PS/c;1-4(2,3)5/h;(H3,1,2,3,5)/q+1;/p-1. The summed E-state index contributed by atoms with van der Waals surface area (Å²) in [7, 11) is 0. The van der Waals surface area contributed by atoms with Crippen molar-refractivity contribution in [2.75, 3.05) is 0 Å². The molecule has 3 nitrogen and oxygen atoms in total. The van der Waals surface area contributed by atoms with Crippen LogP contribution in [0.4, 0.5) is 0 Å². The third-order valence-corrected chi connectivity index (χ3v) is 2.86. The number of hydrogen-bond donors (Lipinski definition) is 2. The molecule has 0 rings (SSSR count). The molecule has 2 N–H and O–H groups in total. The maximum atomic E-state index is 8.07. The summed E-state index contributed by atoms with van der Waals surface area (Å²) in [5.74, 6) is 0. The van der Waals surface area contributed by atoms with Gasteiger partial charge in [0.1, 0.15) is 0 Å². The van der Waals surface area contributed by atoms with Crippen molar-refractivity contribution < 1.29 is 34.3 Å². The van der Waals surface area contributed by atoms with Gasteiger partial charge in [0, 0.05) is 0 Å². The molecule has 0 unspecified atom stereocenters. The van der Waals surface area contributed by atoms with E-state index in [9.17, 15) is 0 Å². The van der Waals surface area contributed by atoms with Gasteiger partial charge in [-0.25, -0.2) is 0 Å². The Balaban J connectivity index is 3.48. The van der Waals surface area contributed by atoms with Crippen LogP contribution in [0.5, 0.6) is 0 Å². The fourth-order valence-corrected chi connectivity index (χ4v) is 0. The SMILES string of the molecule is OP(O)(=S)[O][Au]. The van der Waals surface area contributed by atoms with Crippen molar-refractivity contribution >= 4 is 18.5 Å². The molecule has 0 saturated heterocycles. The van der Waals surface area contributed by atoms with Gasteiger partial charge < -0.3 is 0 Å². The van der Waals surface area contributed by atoms with E-state index in [1.165, 1.54) is 21.5 Å². The first kappa shape index (κ1) is 7.27. The van der Waals surface area contributed by atoms with E-state index >= 15 is 0 Å². The Hall–Kier alpha value is 1.27. The summed E-state index contributed by atoms with van der Waals surface area (Å²) in [6, 6.07) is 0. The van der Waals surface area contributed by atoms with E-state index in [1.54, 1.807) is 0 Å². The minimum atomic E-state index is -3.34. The van der Waals surface area contributed by atoms with Gasteiger partial charge in [-0.1, -0.05) is 0 Å². The predicted octanol–water partition coefficient (Wildman–Crippen LogP) is -0.326. The van der Waals surface area contributed by atoms with Crippen LogP contribution in [-0.2, 0) is 36.3 Å². The number of hydrogen-bond acceptors (Lipinski definition) is 2. The summed E-state index contributed by atoms with van der Waals surface area (Å²) in [5, 5.41) is 0. The van der Waals surface area contributed by atoms with Crippen LogP contribution in [0.25, 0.3) is 0 Å². The van der Waals surface area contributed by atoms with E-state index in [4.69, 9.17) is 9.79 Å². The van der Waals surface area contributed by atoms with Gasteiger partial charge in [0.05, 0.1) is 0 Å². The second-order valence-corrected chi connectivity index (χ2v) is 4.25. The van der Waals surface area contributed by atoms with E-state index in [1.807, 2.05) is 0 Å². The zero-order valence-corrected chi connectivity index (χ0v) is 6.34. The first-order valence-electron chi connectivity index (χ1n) is 0.888. The van der Waals surface area contributed by atoms with Gasteiger partial charge in [-0.2, -0.15) is 0 Å². The van der Waals surface area contributed by atoms with Gasteiger partial charge >= 0.3 is 52.8 Å². The molecule has 0 heterocycles. The van der Waals surface area contributed by atoms with Crippen molar-refractivity contribution in [1.29, 1.82) is 0 Å². The third-order valence-electron chi connectivity index (χ3n) is 0.0717. The van der Waals surface area contributed by atoms with E-state index in [-0.39, 0.29) is 0 Å². The molecule has 42 valence electrons. The van der Waals surface area contributed by atoms with Gasteiger partial charge in [0.2, 0.25) is 0 Å². The summed E-state index contributed by atoms with van der Waals surface area (Å²) in [6.45, 7) is -3.34. The van der Waals surface area contributed by atoms with Crippen molar-refractivity contribution in [3.8, 4) is 0 Å². The van der Waals surface area contributed by atoms with Crippen molar-refractivity contribution in [2.24, 2.45) is 0 Å². The van der Waals surface area contributed by atoms with Gasteiger partial charge in [-0.05, 0) is 0 Å². The van der Waals surface area contributed by atoms with Crippen LogP contribution in [0, 0.1) is 0 Å². The summed E-state index contributed by atoms with van der Waals surface area (Å²) in [5.41, 5.74) is 0. The molecular formula is H2AuO3PS. The van der Waals surface area contributed by atoms with Crippen LogP contribution in [0.1, 0.15) is 0 Å². The second-order valence-electron chi connectivity index (χ2n) is 0.546. The molecule has 0 bridgehead atoms.